The molecule has 0 radical (unpaired) electrons. The normalized spacial score (nSPS) is 10.7. The largest absolute Gasteiger partial charge is 0.487 e. The molecule has 20 heavy (non-hydrogen) atoms. The van der Waals surface area contributed by atoms with E-state index < -0.39 is 5.82 Å². The Labute approximate surface area is 139 Å². The first-order valence-corrected chi connectivity index (χ1v) is 7.88. The fourth-order valence-corrected chi connectivity index (χ4v) is 2.89. The Morgan fingerprint density at radius 3 is 2.50 bits per heavy atom. The van der Waals surface area contributed by atoms with Crippen molar-refractivity contribution in [2.75, 3.05) is 0 Å². The van der Waals surface area contributed by atoms with Crippen LogP contribution in [0.1, 0.15) is 11.1 Å². The first-order chi connectivity index (χ1) is 9.52. The van der Waals surface area contributed by atoms with Crippen LogP contribution in [-0.4, -0.2) is 0 Å². The third-order valence-corrected chi connectivity index (χ3v) is 4.03. The first kappa shape index (κ1) is 15.9. The molecule has 0 bridgehead atoms. The molecule has 0 fully saturated rings. The number of hydrogen-bond acceptors (Lipinski definition) is 1. The average Bonchev–Trinajstić information content (AvgIpc) is 2.41. The molecule has 0 aliphatic carbocycles. The van der Waals surface area contributed by atoms with E-state index in [0.29, 0.717) is 26.7 Å². The SMILES string of the molecule is Fc1c(Cl)cccc1COc1c(Cl)cc(Cl)cc1CBr. The van der Waals surface area contributed by atoms with Gasteiger partial charge in [0.1, 0.15) is 18.2 Å². The van der Waals surface area contributed by atoms with E-state index in [1.807, 2.05) is 0 Å². The molecular formula is C14H9BrCl3FO. The van der Waals surface area contributed by atoms with Crippen molar-refractivity contribution in [3.8, 4) is 5.75 Å². The van der Waals surface area contributed by atoms with Gasteiger partial charge in [-0.05, 0) is 18.2 Å². The van der Waals surface area contributed by atoms with E-state index in [2.05, 4.69) is 15.9 Å². The van der Waals surface area contributed by atoms with Crippen LogP contribution in [0.25, 0.3) is 0 Å². The number of hydrogen-bond donors (Lipinski definition) is 0. The van der Waals surface area contributed by atoms with Gasteiger partial charge in [-0.15, -0.1) is 0 Å². The molecule has 2 rings (SSSR count). The molecule has 0 unspecified atom stereocenters. The predicted octanol–water partition coefficient (Wildman–Crippen LogP) is 6.26. The molecule has 0 aliphatic heterocycles. The molecule has 1 nitrogen and oxygen atoms in total. The van der Waals surface area contributed by atoms with Crippen molar-refractivity contribution < 1.29 is 9.13 Å². The summed E-state index contributed by atoms with van der Waals surface area (Å²) in [6.45, 7) is 0.0355. The molecule has 0 amide bonds. The molecule has 0 saturated carbocycles. The summed E-state index contributed by atoms with van der Waals surface area (Å²) in [6.07, 6.45) is 0. The maximum absolute atomic E-state index is 13.8. The molecule has 0 heterocycles. The molecule has 0 aliphatic rings. The van der Waals surface area contributed by atoms with Crippen LogP contribution in [-0.2, 0) is 11.9 Å². The van der Waals surface area contributed by atoms with Crippen molar-refractivity contribution in [3.05, 3.63) is 62.3 Å². The lowest BCUT2D eigenvalue weighted by Crippen LogP contribution is -2.01. The van der Waals surface area contributed by atoms with Crippen molar-refractivity contribution in [1.29, 1.82) is 0 Å². The zero-order chi connectivity index (χ0) is 14.7. The standard InChI is InChI=1S/C14H9BrCl3FO/c15-6-9-4-10(16)5-12(18)14(9)20-7-8-2-1-3-11(17)13(8)19/h1-5H,6-7H2. The zero-order valence-electron chi connectivity index (χ0n) is 10.1. The summed E-state index contributed by atoms with van der Waals surface area (Å²) in [7, 11) is 0. The van der Waals surface area contributed by atoms with Crippen molar-refractivity contribution in [2.45, 2.75) is 11.9 Å². The fourth-order valence-electron chi connectivity index (χ4n) is 1.68. The van der Waals surface area contributed by atoms with Crippen molar-refractivity contribution >= 4 is 50.7 Å². The highest BCUT2D eigenvalue weighted by atomic mass is 79.9. The van der Waals surface area contributed by atoms with Gasteiger partial charge in [-0.1, -0.05) is 62.9 Å². The van der Waals surface area contributed by atoms with Crippen LogP contribution in [0, 0.1) is 5.82 Å². The summed E-state index contributed by atoms with van der Waals surface area (Å²) in [6, 6.07) is 8.09. The van der Waals surface area contributed by atoms with Gasteiger partial charge in [0.2, 0.25) is 0 Å². The van der Waals surface area contributed by atoms with Crippen LogP contribution >= 0.6 is 50.7 Å². The van der Waals surface area contributed by atoms with Gasteiger partial charge in [0.25, 0.3) is 0 Å². The quantitative estimate of drug-likeness (QED) is 0.552. The Bertz CT molecular complexity index is 634. The summed E-state index contributed by atoms with van der Waals surface area (Å²) >= 11 is 21.1. The minimum atomic E-state index is -0.486. The Hall–Kier alpha value is -0.480. The van der Waals surface area contributed by atoms with E-state index >= 15 is 0 Å². The number of alkyl halides is 1. The van der Waals surface area contributed by atoms with Crippen LogP contribution in [0.3, 0.4) is 0 Å². The van der Waals surface area contributed by atoms with Crippen LogP contribution in [0.4, 0.5) is 4.39 Å². The molecule has 2 aromatic rings. The minimum absolute atomic E-state index is 0.0355. The second-order valence-electron chi connectivity index (χ2n) is 4.01. The Kier molecular flexibility index (Phi) is 5.56. The van der Waals surface area contributed by atoms with Crippen LogP contribution in [0.5, 0.6) is 5.75 Å². The lowest BCUT2D eigenvalue weighted by molar-refractivity contribution is 0.298. The van der Waals surface area contributed by atoms with Gasteiger partial charge in [0, 0.05) is 21.5 Å². The second kappa shape index (κ2) is 6.99. The monoisotopic (exact) mass is 396 g/mol. The van der Waals surface area contributed by atoms with Gasteiger partial charge < -0.3 is 4.74 Å². The topological polar surface area (TPSA) is 9.23 Å². The molecule has 0 atom stereocenters. The summed E-state index contributed by atoms with van der Waals surface area (Å²) in [5, 5.41) is 1.50. The molecule has 0 spiro atoms. The van der Waals surface area contributed by atoms with E-state index in [1.54, 1.807) is 24.3 Å². The summed E-state index contributed by atoms with van der Waals surface area (Å²) in [4.78, 5) is 0. The average molecular weight is 398 g/mol. The van der Waals surface area contributed by atoms with Crippen LogP contribution in [0.15, 0.2) is 30.3 Å². The minimum Gasteiger partial charge on any atom is -0.487 e. The summed E-state index contributed by atoms with van der Waals surface area (Å²) in [5.74, 6) is -0.00744. The van der Waals surface area contributed by atoms with Crippen molar-refractivity contribution in [1.82, 2.24) is 0 Å². The maximum Gasteiger partial charge on any atom is 0.148 e. The van der Waals surface area contributed by atoms with Gasteiger partial charge in [-0.25, -0.2) is 4.39 Å². The Balaban J connectivity index is 2.25. The number of benzene rings is 2. The third kappa shape index (κ3) is 3.59. The Morgan fingerprint density at radius 2 is 1.80 bits per heavy atom. The fraction of sp³-hybridized carbons (Fsp3) is 0.143. The van der Waals surface area contributed by atoms with E-state index in [9.17, 15) is 4.39 Å². The Morgan fingerprint density at radius 1 is 1.05 bits per heavy atom. The second-order valence-corrected chi connectivity index (χ2v) is 5.82. The van der Waals surface area contributed by atoms with E-state index in [4.69, 9.17) is 39.5 Å². The van der Waals surface area contributed by atoms with Crippen LogP contribution < -0.4 is 4.74 Å². The van der Waals surface area contributed by atoms with Gasteiger partial charge >= 0.3 is 0 Å². The van der Waals surface area contributed by atoms with E-state index in [1.165, 1.54) is 6.07 Å². The molecule has 6 heteroatoms. The number of halogens is 5. The molecule has 0 aromatic heterocycles. The zero-order valence-corrected chi connectivity index (χ0v) is 14.0. The van der Waals surface area contributed by atoms with Gasteiger partial charge in [0.05, 0.1) is 10.0 Å². The van der Waals surface area contributed by atoms with Crippen molar-refractivity contribution in [2.24, 2.45) is 0 Å². The lowest BCUT2D eigenvalue weighted by atomic mass is 10.2. The first-order valence-electron chi connectivity index (χ1n) is 5.62. The highest BCUT2D eigenvalue weighted by Gasteiger charge is 2.12. The molecule has 106 valence electrons. The van der Waals surface area contributed by atoms with E-state index in [0.717, 1.165) is 5.56 Å². The van der Waals surface area contributed by atoms with Crippen LogP contribution in [0.2, 0.25) is 15.1 Å². The molecule has 2 aromatic carbocycles. The molecule has 0 saturated heterocycles. The van der Waals surface area contributed by atoms with Gasteiger partial charge in [-0.3, -0.25) is 0 Å². The number of ether oxygens (including phenoxy) is 1. The maximum atomic E-state index is 13.8. The lowest BCUT2D eigenvalue weighted by Gasteiger charge is -2.13. The third-order valence-electron chi connectivity index (χ3n) is 2.63. The highest BCUT2D eigenvalue weighted by Crippen LogP contribution is 2.34. The predicted molar refractivity (Wildman–Crippen MR) is 84.8 cm³/mol. The summed E-state index contributed by atoms with van der Waals surface area (Å²) in [5.41, 5.74) is 1.16. The van der Waals surface area contributed by atoms with Gasteiger partial charge in [-0.2, -0.15) is 0 Å². The van der Waals surface area contributed by atoms with Gasteiger partial charge in [0.15, 0.2) is 0 Å². The smallest absolute Gasteiger partial charge is 0.148 e. The summed E-state index contributed by atoms with van der Waals surface area (Å²) < 4.78 is 19.4. The van der Waals surface area contributed by atoms with Crippen molar-refractivity contribution in [3.63, 3.8) is 0 Å². The van der Waals surface area contributed by atoms with E-state index in [-0.39, 0.29) is 11.6 Å². The highest BCUT2D eigenvalue weighted by molar-refractivity contribution is 9.08. The number of rotatable bonds is 4. The molecular weight excluding hydrogens is 389 g/mol. The molecule has 0 N–H and O–H groups in total.